The molecule has 0 saturated heterocycles. The summed E-state index contributed by atoms with van der Waals surface area (Å²) in [5.41, 5.74) is 1.10. The van der Waals surface area contributed by atoms with Crippen LogP contribution in [0.25, 0.3) is 5.69 Å². The van der Waals surface area contributed by atoms with E-state index >= 15 is 0 Å². The average Bonchev–Trinajstić information content (AvgIpc) is 2.61. The molecule has 0 fully saturated rings. The highest BCUT2D eigenvalue weighted by atomic mass is 19.1. The fraction of sp³-hybridized carbons (Fsp3) is 0.0909. The Morgan fingerprint density at radius 2 is 2.00 bits per heavy atom. The molecule has 4 nitrogen and oxygen atoms in total. The molecule has 0 radical (unpaired) electrons. The number of aryl methyl sites for hydroxylation is 1. The maximum Gasteiger partial charge on any atom is 0.342 e. The molecule has 0 unspecified atom stereocenters. The van der Waals surface area contributed by atoms with Crippen LogP contribution in [-0.4, -0.2) is 20.9 Å². The first-order chi connectivity index (χ1) is 7.59. The number of carbonyl (C=O) groups is 1. The Morgan fingerprint density at radius 3 is 2.50 bits per heavy atom. The van der Waals surface area contributed by atoms with Crippen molar-refractivity contribution in [2.45, 2.75) is 6.92 Å². The highest BCUT2D eigenvalue weighted by Gasteiger charge is 2.17. The molecule has 0 spiro atoms. The third kappa shape index (κ3) is 1.67. The summed E-state index contributed by atoms with van der Waals surface area (Å²) in [4.78, 5) is 10.6. The van der Waals surface area contributed by atoms with Gasteiger partial charge in [-0.15, -0.1) is 0 Å². The normalized spacial score (nSPS) is 10.4. The molecule has 2 aromatic rings. The summed E-state index contributed by atoms with van der Waals surface area (Å²) in [6.45, 7) is 1.91. The molecule has 0 aliphatic heterocycles. The van der Waals surface area contributed by atoms with Crippen LogP contribution in [-0.2, 0) is 0 Å². The molecule has 0 saturated carbocycles. The Morgan fingerprint density at radius 1 is 1.38 bits per heavy atom. The van der Waals surface area contributed by atoms with E-state index in [9.17, 15) is 9.18 Å². The van der Waals surface area contributed by atoms with Gasteiger partial charge in [-0.05, 0) is 19.1 Å². The Labute approximate surface area is 90.9 Å². The van der Waals surface area contributed by atoms with Crippen LogP contribution in [0.15, 0.2) is 30.5 Å². The lowest BCUT2D eigenvalue weighted by atomic mass is 10.2. The van der Waals surface area contributed by atoms with Crippen molar-refractivity contribution in [3.8, 4) is 5.69 Å². The van der Waals surface area contributed by atoms with Gasteiger partial charge in [-0.1, -0.05) is 17.7 Å². The number of carboxylic acid groups (broad SMARTS) is 1. The SMILES string of the molecule is Cc1ccc(-n2ncc(C(=O)O)c2F)cc1. The van der Waals surface area contributed by atoms with Crippen LogP contribution in [0.5, 0.6) is 0 Å². The third-order valence-electron chi connectivity index (χ3n) is 2.22. The lowest BCUT2D eigenvalue weighted by molar-refractivity contribution is 0.0691. The molecule has 1 aromatic carbocycles. The second-order valence-electron chi connectivity index (χ2n) is 3.40. The van der Waals surface area contributed by atoms with Crippen LogP contribution in [0.3, 0.4) is 0 Å². The van der Waals surface area contributed by atoms with Gasteiger partial charge in [0.1, 0.15) is 5.56 Å². The van der Waals surface area contributed by atoms with E-state index in [0.717, 1.165) is 16.4 Å². The van der Waals surface area contributed by atoms with Gasteiger partial charge in [0.25, 0.3) is 0 Å². The zero-order valence-electron chi connectivity index (χ0n) is 8.51. The van der Waals surface area contributed by atoms with Crippen LogP contribution in [0, 0.1) is 12.9 Å². The summed E-state index contributed by atoms with van der Waals surface area (Å²) in [6, 6.07) is 6.96. The Kier molecular flexibility index (Phi) is 2.44. The molecule has 0 aliphatic carbocycles. The molecule has 0 amide bonds. The van der Waals surface area contributed by atoms with Crippen molar-refractivity contribution in [3.05, 3.63) is 47.5 Å². The van der Waals surface area contributed by atoms with Crippen LogP contribution in [0.1, 0.15) is 15.9 Å². The minimum Gasteiger partial charge on any atom is -0.477 e. The van der Waals surface area contributed by atoms with Crippen molar-refractivity contribution in [2.24, 2.45) is 0 Å². The minimum atomic E-state index is -1.32. The molecule has 5 heteroatoms. The smallest absolute Gasteiger partial charge is 0.342 e. The number of halogens is 1. The number of aromatic nitrogens is 2. The highest BCUT2D eigenvalue weighted by Crippen LogP contribution is 2.14. The van der Waals surface area contributed by atoms with Crippen LogP contribution in [0.4, 0.5) is 4.39 Å². The van der Waals surface area contributed by atoms with E-state index in [1.165, 1.54) is 0 Å². The molecule has 82 valence electrons. The van der Waals surface area contributed by atoms with E-state index in [1.807, 2.05) is 6.92 Å². The lowest BCUT2D eigenvalue weighted by Crippen LogP contribution is -2.03. The number of hydrogen-bond donors (Lipinski definition) is 1. The fourth-order valence-corrected chi connectivity index (χ4v) is 1.34. The average molecular weight is 220 g/mol. The van der Waals surface area contributed by atoms with Crippen molar-refractivity contribution >= 4 is 5.97 Å². The number of hydrogen-bond acceptors (Lipinski definition) is 2. The molecular formula is C11H9FN2O2. The van der Waals surface area contributed by atoms with Crippen LogP contribution < -0.4 is 0 Å². The zero-order valence-corrected chi connectivity index (χ0v) is 8.51. The first-order valence-electron chi connectivity index (χ1n) is 4.63. The second kappa shape index (κ2) is 3.77. The van der Waals surface area contributed by atoms with Crippen molar-refractivity contribution in [1.29, 1.82) is 0 Å². The molecule has 1 heterocycles. The molecule has 1 aromatic heterocycles. The van der Waals surface area contributed by atoms with Gasteiger partial charge in [0.05, 0.1) is 11.9 Å². The quantitative estimate of drug-likeness (QED) is 0.842. The number of carboxylic acids is 1. The van der Waals surface area contributed by atoms with Gasteiger partial charge >= 0.3 is 5.97 Å². The summed E-state index contributed by atoms with van der Waals surface area (Å²) >= 11 is 0. The zero-order chi connectivity index (χ0) is 11.7. The number of nitrogens with zero attached hydrogens (tertiary/aromatic N) is 2. The first kappa shape index (κ1) is 10.4. The largest absolute Gasteiger partial charge is 0.477 e. The van der Waals surface area contributed by atoms with Gasteiger partial charge in [-0.2, -0.15) is 9.49 Å². The van der Waals surface area contributed by atoms with E-state index in [0.29, 0.717) is 5.69 Å². The van der Waals surface area contributed by atoms with E-state index in [-0.39, 0.29) is 0 Å². The second-order valence-corrected chi connectivity index (χ2v) is 3.40. The summed E-state index contributed by atoms with van der Waals surface area (Å²) in [7, 11) is 0. The Balaban J connectivity index is 2.49. The van der Waals surface area contributed by atoms with Crippen molar-refractivity contribution < 1.29 is 14.3 Å². The van der Waals surface area contributed by atoms with E-state index in [2.05, 4.69) is 5.10 Å². The van der Waals surface area contributed by atoms with E-state index in [1.54, 1.807) is 24.3 Å². The van der Waals surface area contributed by atoms with Gasteiger partial charge < -0.3 is 5.11 Å². The molecular weight excluding hydrogens is 211 g/mol. The van der Waals surface area contributed by atoms with Crippen molar-refractivity contribution in [2.75, 3.05) is 0 Å². The van der Waals surface area contributed by atoms with Crippen molar-refractivity contribution in [3.63, 3.8) is 0 Å². The predicted molar refractivity (Wildman–Crippen MR) is 55.2 cm³/mol. The van der Waals surface area contributed by atoms with Gasteiger partial charge in [-0.25, -0.2) is 9.48 Å². The van der Waals surface area contributed by atoms with E-state index < -0.39 is 17.5 Å². The molecule has 16 heavy (non-hydrogen) atoms. The van der Waals surface area contributed by atoms with E-state index in [4.69, 9.17) is 5.11 Å². The predicted octanol–water partition coefficient (Wildman–Crippen LogP) is 2.02. The summed E-state index contributed by atoms with van der Waals surface area (Å²) < 4.78 is 14.6. The number of aromatic carboxylic acids is 1. The topological polar surface area (TPSA) is 55.1 Å². The number of rotatable bonds is 2. The molecule has 0 bridgehead atoms. The molecule has 2 rings (SSSR count). The Bertz CT molecular complexity index is 531. The maximum absolute atomic E-state index is 13.6. The highest BCUT2D eigenvalue weighted by molar-refractivity contribution is 5.87. The van der Waals surface area contributed by atoms with Crippen molar-refractivity contribution in [1.82, 2.24) is 9.78 Å². The van der Waals surface area contributed by atoms with Crippen LogP contribution in [0.2, 0.25) is 0 Å². The lowest BCUT2D eigenvalue weighted by Gasteiger charge is -2.02. The van der Waals surface area contributed by atoms with Gasteiger partial charge in [-0.3, -0.25) is 0 Å². The monoisotopic (exact) mass is 220 g/mol. The van der Waals surface area contributed by atoms with Crippen LogP contribution >= 0.6 is 0 Å². The first-order valence-corrected chi connectivity index (χ1v) is 4.63. The summed E-state index contributed by atoms with van der Waals surface area (Å²) in [5.74, 6) is -2.19. The fourth-order valence-electron chi connectivity index (χ4n) is 1.34. The van der Waals surface area contributed by atoms with Gasteiger partial charge in [0, 0.05) is 0 Å². The third-order valence-corrected chi connectivity index (χ3v) is 2.22. The maximum atomic E-state index is 13.6. The molecule has 0 atom stereocenters. The minimum absolute atomic E-state index is 0.430. The molecule has 0 aliphatic rings. The van der Waals surface area contributed by atoms with Gasteiger partial charge in [0.15, 0.2) is 0 Å². The molecule has 1 N–H and O–H groups in total. The van der Waals surface area contributed by atoms with Gasteiger partial charge in [0.2, 0.25) is 5.95 Å². The summed E-state index contributed by atoms with van der Waals surface area (Å²) in [5, 5.41) is 12.4. The summed E-state index contributed by atoms with van der Waals surface area (Å²) in [6.07, 6.45) is 0.998. The number of benzene rings is 1. The Hall–Kier alpha value is -2.17. The standard InChI is InChI=1S/C11H9FN2O2/c1-7-2-4-8(5-3-7)14-10(12)9(6-13-14)11(15)16/h2-6H,1H3,(H,15,16).